The average Bonchev–Trinajstić information content (AvgIpc) is 2.27. The van der Waals surface area contributed by atoms with Crippen LogP contribution < -0.4 is 10.5 Å². The van der Waals surface area contributed by atoms with Crippen LogP contribution in [0.5, 0.6) is 5.75 Å². The highest BCUT2D eigenvalue weighted by Crippen LogP contribution is 2.11. The third-order valence-corrected chi connectivity index (χ3v) is 2.73. The molecule has 4 heteroatoms. The van der Waals surface area contributed by atoms with Crippen LogP contribution in [0.3, 0.4) is 0 Å². The fourth-order valence-electron chi connectivity index (χ4n) is 1.14. The lowest BCUT2D eigenvalue weighted by molar-refractivity contribution is 0.344. The molecule has 0 unspecified atom stereocenters. The lowest BCUT2D eigenvalue weighted by Gasteiger charge is -2.05. The van der Waals surface area contributed by atoms with E-state index < -0.39 is 0 Å². The number of benzene rings is 1. The Kier molecular flexibility index (Phi) is 5.78. The molecular formula is C12H18N2OS. The molecule has 0 fully saturated rings. The molecule has 0 aliphatic heterocycles. The summed E-state index contributed by atoms with van der Waals surface area (Å²) in [5, 5.41) is 0.634. The van der Waals surface area contributed by atoms with Crippen molar-refractivity contribution >= 4 is 16.9 Å². The Morgan fingerprint density at radius 2 is 2.06 bits per heavy atom. The van der Waals surface area contributed by atoms with Crippen LogP contribution in [0.15, 0.2) is 29.3 Å². The Morgan fingerprint density at radius 3 is 2.69 bits per heavy atom. The number of hydrogen-bond acceptors (Lipinski definition) is 3. The van der Waals surface area contributed by atoms with Gasteiger partial charge in [-0.2, -0.15) is 0 Å². The van der Waals surface area contributed by atoms with E-state index in [0.717, 1.165) is 18.0 Å². The minimum Gasteiger partial charge on any atom is -0.493 e. The van der Waals surface area contributed by atoms with Crippen LogP contribution in [-0.2, 0) is 0 Å². The van der Waals surface area contributed by atoms with Crippen molar-refractivity contribution in [1.82, 2.24) is 0 Å². The van der Waals surface area contributed by atoms with Crippen LogP contribution in [0.1, 0.15) is 12.5 Å². The largest absolute Gasteiger partial charge is 0.493 e. The molecule has 0 spiro atoms. The van der Waals surface area contributed by atoms with Crippen molar-refractivity contribution in [3.63, 3.8) is 0 Å². The predicted octanol–water partition coefficient (Wildman–Crippen LogP) is 2.44. The second-order valence-corrected chi connectivity index (χ2v) is 4.44. The van der Waals surface area contributed by atoms with E-state index in [2.05, 4.69) is 11.9 Å². The van der Waals surface area contributed by atoms with E-state index in [-0.39, 0.29) is 0 Å². The van der Waals surface area contributed by atoms with E-state index in [1.54, 1.807) is 0 Å². The topological polar surface area (TPSA) is 47.6 Å². The summed E-state index contributed by atoms with van der Waals surface area (Å²) < 4.78 is 5.56. The Hall–Kier alpha value is -1.16. The van der Waals surface area contributed by atoms with Gasteiger partial charge in [-0.1, -0.05) is 29.5 Å². The van der Waals surface area contributed by atoms with E-state index in [9.17, 15) is 0 Å². The third kappa shape index (κ3) is 5.07. The SMILES string of the molecule is CCN=C(N)SCCOc1ccc(C)cc1. The van der Waals surface area contributed by atoms with Crippen molar-refractivity contribution in [2.75, 3.05) is 18.9 Å². The van der Waals surface area contributed by atoms with Gasteiger partial charge in [-0.05, 0) is 26.0 Å². The second-order valence-electron chi connectivity index (χ2n) is 3.32. The molecule has 0 saturated heterocycles. The lowest BCUT2D eigenvalue weighted by Crippen LogP contribution is -2.10. The maximum absolute atomic E-state index is 5.64. The van der Waals surface area contributed by atoms with Gasteiger partial charge in [0.2, 0.25) is 0 Å². The highest BCUT2D eigenvalue weighted by atomic mass is 32.2. The van der Waals surface area contributed by atoms with Gasteiger partial charge in [0.15, 0.2) is 5.17 Å². The minimum absolute atomic E-state index is 0.634. The Labute approximate surface area is 101 Å². The number of nitrogens with two attached hydrogens (primary N) is 1. The van der Waals surface area contributed by atoms with Crippen molar-refractivity contribution in [2.24, 2.45) is 10.7 Å². The molecule has 0 aromatic heterocycles. The monoisotopic (exact) mass is 238 g/mol. The van der Waals surface area contributed by atoms with Gasteiger partial charge in [-0.15, -0.1) is 0 Å². The number of rotatable bonds is 5. The standard InChI is InChI=1S/C12H18N2OS/c1-3-14-12(13)16-9-8-15-11-6-4-10(2)5-7-11/h4-7H,3,8-9H2,1-2H3,(H2,13,14). The van der Waals surface area contributed by atoms with Crippen LogP contribution in [-0.4, -0.2) is 24.1 Å². The van der Waals surface area contributed by atoms with Crippen molar-refractivity contribution in [3.8, 4) is 5.75 Å². The zero-order valence-electron chi connectivity index (χ0n) is 9.77. The predicted molar refractivity (Wildman–Crippen MR) is 71.3 cm³/mol. The zero-order valence-corrected chi connectivity index (χ0v) is 10.6. The van der Waals surface area contributed by atoms with Crippen LogP contribution in [0, 0.1) is 6.92 Å². The number of amidine groups is 1. The van der Waals surface area contributed by atoms with Gasteiger partial charge in [-0.25, -0.2) is 0 Å². The fraction of sp³-hybridized carbons (Fsp3) is 0.417. The summed E-state index contributed by atoms with van der Waals surface area (Å²) in [6, 6.07) is 8.03. The first-order chi connectivity index (χ1) is 7.72. The molecule has 1 aromatic carbocycles. The number of ether oxygens (including phenoxy) is 1. The number of aryl methyl sites for hydroxylation is 1. The van der Waals surface area contributed by atoms with Crippen LogP contribution in [0.4, 0.5) is 0 Å². The molecule has 1 rings (SSSR count). The smallest absolute Gasteiger partial charge is 0.154 e. The highest BCUT2D eigenvalue weighted by molar-refractivity contribution is 8.13. The van der Waals surface area contributed by atoms with Crippen molar-refractivity contribution in [1.29, 1.82) is 0 Å². The van der Waals surface area contributed by atoms with E-state index in [1.165, 1.54) is 17.3 Å². The Morgan fingerprint density at radius 1 is 1.38 bits per heavy atom. The average molecular weight is 238 g/mol. The first-order valence-corrected chi connectivity index (χ1v) is 6.33. The zero-order chi connectivity index (χ0) is 11.8. The first-order valence-electron chi connectivity index (χ1n) is 5.34. The molecule has 0 atom stereocenters. The summed E-state index contributed by atoms with van der Waals surface area (Å²) >= 11 is 1.53. The molecule has 1 aromatic rings. The fourth-order valence-corrected chi connectivity index (χ4v) is 1.74. The third-order valence-electron chi connectivity index (χ3n) is 1.94. The lowest BCUT2D eigenvalue weighted by atomic mass is 10.2. The Bertz CT molecular complexity index is 335. The molecule has 3 nitrogen and oxygen atoms in total. The van der Waals surface area contributed by atoms with Gasteiger partial charge in [0.05, 0.1) is 6.61 Å². The number of aliphatic imine (C=N–C) groups is 1. The summed E-state index contributed by atoms with van der Waals surface area (Å²) in [4.78, 5) is 4.08. The van der Waals surface area contributed by atoms with Crippen LogP contribution >= 0.6 is 11.8 Å². The molecule has 88 valence electrons. The number of nitrogens with zero attached hydrogens (tertiary/aromatic N) is 1. The molecular weight excluding hydrogens is 220 g/mol. The summed E-state index contributed by atoms with van der Waals surface area (Å²) in [5.74, 6) is 1.72. The summed E-state index contributed by atoms with van der Waals surface area (Å²) in [5.41, 5.74) is 6.88. The van der Waals surface area contributed by atoms with Gasteiger partial charge in [0.25, 0.3) is 0 Å². The molecule has 0 saturated carbocycles. The molecule has 0 bridgehead atoms. The first kappa shape index (κ1) is 12.9. The van der Waals surface area contributed by atoms with Crippen molar-refractivity contribution < 1.29 is 4.74 Å². The van der Waals surface area contributed by atoms with E-state index in [0.29, 0.717) is 11.8 Å². The van der Waals surface area contributed by atoms with E-state index >= 15 is 0 Å². The highest BCUT2D eigenvalue weighted by Gasteiger charge is 1.95. The van der Waals surface area contributed by atoms with Gasteiger partial charge < -0.3 is 10.5 Å². The number of hydrogen-bond donors (Lipinski definition) is 1. The molecule has 0 amide bonds. The summed E-state index contributed by atoms with van der Waals surface area (Å²) in [6.45, 7) is 5.41. The quantitative estimate of drug-likeness (QED) is 0.487. The normalized spacial score (nSPS) is 11.5. The second kappa shape index (κ2) is 7.17. The maximum Gasteiger partial charge on any atom is 0.154 e. The molecule has 0 aliphatic carbocycles. The summed E-state index contributed by atoms with van der Waals surface area (Å²) in [6.07, 6.45) is 0. The maximum atomic E-state index is 5.64. The van der Waals surface area contributed by atoms with Gasteiger partial charge >= 0.3 is 0 Å². The van der Waals surface area contributed by atoms with Crippen molar-refractivity contribution in [2.45, 2.75) is 13.8 Å². The van der Waals surface area contributed by atoms with E-state index in [4.69, 9.17) is 10.5 Å². The van der Waals surface area contributed by atoms with E-state index in [1.807, 2.05) is 31.2 Å². The molecule has 0 aliphatic rings. The van der Waals surface area contributed by atoms with Gasteiger partial charge in [-0.3, -0.25) is 4.99 Å². The van der Waals surface area contributed by atoms with Gasteiger partial charge in [0.1, 0.15) is 5.75 Å². The summed E-state index contributed by atoms with van der Waals surface area (Å²) in [7, 11) is 0. The number of thioether (sulfide) groups is 1. The minimum atomic E-state index is 0.634. The van der Waals surface area contributed by atoms with Crippen LogP contribution in [0.2, 0.25) is 0 Å². The molecule has 0 radical (unpaired) electrons. The molecule has 2 N–H and O–H groups in total. The molecule has 0 heterocycles. The van der Waals surface area contributed by atoms with Crippen molar-refractivity contribution in [3.05, 3.63) is 29.8 Å². The van der Waals surface area contributed by atoms with Gasteiger partial charge in [0, 0.05) is 12.3 Å². The Balaban J connectivity index is 2.21. The van der Waals surface area contributed by atoms with Crippen LogP contribution in [0.25, 0.3) is 0 Å². The molecule has 16 heavy (non-hydrogen) atoms.